The Bertz CT molecular complexity index is 985. The molecule has 2 aliphatic heterocycles. The van der Waals surface area contributed by atoms with Crippen LogP contribution in [0.3, 0.4) is 0 Å². The van der Waals surface area contributed by atoms with Crippen molar-refractivity contribution in [3.05, 3.63) is 77.9 Å². The highest BCUT2D eigenvalue weighted by Gasteiger charge is 2.43. The van der Waals surface area contributed by atoms with Crippen molar-refractivity contribution < 1.29 is 9.90 Å². The average molecular weight is 460 g/mol. The number of carbonyl (C=O) groups is 1. The van der Waals surface area contributed by atoms with Crippen LogP contribution < -0.4 is 5.32 Å². The Hall–Kier alpha value is -2.63. The molecule has 2 aromatic carbocycles. The number of aromatic hydroxyl groups is 1. The van der Waals surface area contributed by atoms with Crippen molar-refractivity contribution in [2.75, 3.05) is 19.6 Å². The zero-order chi connectivity index (χ0) is 23.5. The minimum Gasteiger partial charge on any atom is -0.508 e. The van der Waals surface area contributed by atoms with E-state index >= 15 is 0 Å². The third kappa shape index (κ3) is 4.91. The molecule has 0 spiro atoms. The van der Waals surface area contributed by atoms with E-state index in [2.05, 4.69) is 39.9 Å². The first-order valence-electron chi connectivity index (χ1n) is 12.9. The van der Waals surface area contributed by atoms with Gasteiger partial charge in [0.25, 0.3) is 5.91 Å². The maximum atomic E-state index is 12.9. The minimum atomic E-state index is 0.0328. The van der Waals surface area contributed by atoms with Crippen LogP contribution in [0.25, 0.3) is 0 Å². The molecule has 2 heterocycles. The molecule has 1 saturated carbocycles. The van der Waals surface area contributed by atoms with Crippen molar-refractivity contribution in [1.82, 2.24) is 15.1 Å². The summed E-state index contributed by atoms with van der Waals surface area (Å²) in [4.78, 5) is 18.0. The highest BCUT2D eigenvalue weighted by Crippen LogP contribution is 2.41. The van der Waals surface area contributed by atoms with E-state index in [0.29, 0.717) is 23.9 Å². The number of phenols is 1. The molecule has 3 atom stereocenters. The van der Waals surface area contributed by atoms with Gasteiger partial charge in [-0.15, -0.1) is 6.58 Å². The predicted molar refractivity (Wildman–Crippen MR) is 136 cm³/mol. The van der Waals surface area contributed by atoms with Gasteiger partial charge < -0.3 is 10.4 Å². The molecule has 1 amide bonds. The summed E-state index contributed by atoms with van der Waals surface area (Å²) in [6, 6.07) is 17.1. The number of piperazine rings is 1. The number of amides is 1. The average Bonchev–Trinajstić information content (AvgIpc) is 3.09. The van der Waals surface area contributed by atoms with Crippen LogP contribution >= 0.6 is 0 Å². The van der Waals surface area contributed by atoms with Crippen molar-refractivity contribution in [3.63, 3.8) is 0 Å². The Morgan fingerprint density at radius 2 is 1.71 bits per heavy atom. The first-order valence-corrected chi connectivity index (χ1v) is 12.9. The molecule has 2 bridgehead atoms. The molecule has 5 heteroatoms. The highest BCUT2D eigenvalue weighted by molar-refractivity contribution is 5.94. The predicted octanol–water partition coefficient (Wildman–Crippen LogP) is 4.88. The molecule has 180 valence electrons. The van der Waals surface area contributed by atoms with E-state index in [1.807, 2.05) is 30.3 Å². The number of hydrogen-bond donors (Lipinski definition) is 2. The molecular formula is C29H37N3O2. The van der Waals surface area contributed by atoms with Crippen LogP contribution in [-0.2, 0) is 0 Å². The fraction of sp³-hybridized carbons (Fsp3) is 0.483. The van der Waals surface area contributed by atoms with Crippen LogP contribution in [-0.4, -0.2) is 58.6 Å². The maximum Gasteiger partial charge on any atom is 0.251 e. The van der Waals surface area contributed by atoms with Gasteiger partial charge in [-0.25, -0.2) is 0 Å². The van der Waals surface area contributed by atoms with Gasteiger partial charge in [0.2, 0.25) is 0 Å². The molecular weight excluding hydrogens is 422 g/mol. The number of rotatable bonds is 7. The van der Waals surface area contributed by atoms with E-state index in [-0.39, 0.29) is 11.9 Å². The summed E-state index contributed by atoms with van der Waals surface area (Å²) in [5.41, 5.74) is 3.00. The van der Waals surface area contributed by atoms with Crippen LogP contribution in [0.15, 0.2) is 61.2 Å². The molecule has 3 aliphatic rings. The van der Waals surface area contributed by atoms with Crippen LogP contribution in [0.2, 0.25) is 0 Å². The maximum absolute atomic E-state index is 12.9. The van der Waals surface area contributed by atoms with Gasteiger partial charge in [0, 0.05) is 43.3 Å². The Morgan fingerprint density at radius 3 is 2.35 bits per heavy atom. The summed E-state index contributed by atoms with van der Waals surface area (Å²) in [6.45, 7) is 6.94. The zero-order valence-corrected chi connectivity index (χ0v) is 20.0. The molecule has 2 aromatic rings. The number of hydrogen-bond acceptors (Lipinski definition) is 4. The van der Waals surface area contributed by atoms with E-state index in [9.17, 15) is 9.90 Å². The summed E-state index contributed by atoms with van der Waals surface area (Å²) in [6.07, 6.45) is 10.2. The van der Waals surface area contributed by atoms with Crippen molar-refractivity contribution in [2.45, 2.75) is 69.1 Å². The summed E-state index contributed by atoms with van der Waals surface area (Å²) < 4.78 is 0. The fourth-order valence-corrected chi connectivity index (χ4v) is 6.34. The summed E-state index contributed by atoms with van der Waals surface area (Å²) in [7, 11) is 0. The summed E-state index contributed by atoms with van der Waals surface area (Å²) in [5, 5.41) is 13.5. The van der Waals surface area contributed by atoms with Gasteiger partial charge in [-0.05, 0) is 61.1 Å². The number of phenolic OH excluding ortho intramolecular Hbond substituents is 1. The standard InChI is InChI=1S/C29H37N3O2/c1-2-17-31-19-25-15-16-26(20-31)32(25)28(23-7-6-10-27(33)18-23)21-11-13-22(14-12-21)29(34)30-24-8-4-3-5-9-24/h2,6-7,10-14,18,24-26,28,33H,1,3-5,8-9,15-17,19-20H2,(H,30,34). The molecule has 0 aromatic heterocycles. The number of fused-ring (bicyclic) bond motifs is 2. The van der Waals surface area contributed by atoms with Crippen molar-refractivity contribution >= 4 is 5.91 Å². The van der Waals surface area contributed by atoms with Crippen LogP contribution in [0.5, 0.6) is 5.75 Å². The molecule has 5 nitrogen and oxygen atoms in total. The second-order valence-corrected chi connectivity index (χ2v) is 10.3. The van der Waals surface area contributed by atoms with Crippen molar-refractivity contribution in [1.29, 1.82) is 0 Å². The topological polar surface area (TPSA) is 55.8 Å². The van der Waals surface area contributed by atoms with E-state index in [0.717, 1.165) is 43.6 Å². The van der Waals surface area contributed by atoms with Crippen LogP contribution in [0.4, 0.5) is 0 Å². The van der Waals surface area contributed by atoms with Crippen molar-refractivity contribution in [2.24, 2.45) is 0 Å². The van der Waals surface area contributed by atoms with E-state index in [1.54, 1.807) is 6.07 Å². The van der Waals surface area contributed by atoms with Gasteiger partial charge in [-0.3, -0.25) is 14.6 Å². The molecule has 5 rings (SSSR count). The SMILES string of the molecule is C=CCN1CC2CCC(C1)N2C(c1ccc(C(=O)NC2CCCCC2)cc1)c1cccc(O)c1. The first kappa shape index (κ1) is 23.1. The van der Waals surface area contributed by atoms with Crippen LogP contribution in [0.1, 0.15) is 72.5 Å². The minimum absolute atomic E-state index is 0.0328. The van der Waals surface area contributed by atoms with Gasteiger partial charge in [0.1, 0.15) is 5.75 Å². The lowest BCUT2D eigenvalue weighted by Gasteiger charge is -2.45. The summed E-state index contributed by atoms with van der Waals surface area (Å²) in [5.74, 6) is 0.328. The Morgan fingerprint density at radius 1 is 1.00 bits per heavy atom. The second-order valence-electron chi connectivity index (χ2n) is 10.3. The normalized spacial score (nSPS) is 24.6. The molecule has 1 aliphatic carbocycles. The number of likely N-dealkylation sites (tertiary alicyclic amines) is 1. The van der Waals surface area contributed by atoms with Gasteiger partial charge in [0.15, 0.2) is 0 Å². The number of nitrogens with zero attached hydrogens (tertiary/aromatic N) is 2. The fourth-order valence-electron chi connectivity index (χ4n) is 6.34. The quantitative estimate of drug-likeness (QED) is 0.580. The molecule has 0 radical (unpaired) electrons. The molecule has 3 fully saturated rings. The molecule has 2 saturated heterocycles. The van der Waals surface area contributed by atoms with Gasteiger partial charge in [0.05, 0.1) is 6.04 Å². The third-order valence-corrected chi connectivity index (χ3v) is 7.91. The zero-order valence-electron chi connectivity index (χ0n) is 20.0. The lowest BCUT2D eigenvalue weighted by Crippen LogP contribution is -2.54. The van der Waals surface area contributed by atoms with E-state index < -0.39 is 0 Å². The Balaban J connectivity index is 1.40. The van der Waals surface area contributed by atoms with Crippen LogP contribution in [0, 0.1) is 0 Å². The number of carbonyl (C=O) groups excluding carboxylic acids is 1. The van der Waals surface area contributed by atoms with Gasteiger partial charge in [-0.2, -0.15) is 0 Å². The molecule has 3 unspecified atom stereocenters. The first-order chi connectivity index (χ1) is 16.6. The van der Waals surface area contributed by atoms with Gasteiger partial charge >= 0.3 is 0 Å². The monoisotopic (exact) mass is 459 g/mol. The third-order valence-electron chi connectivity index (χ3n) is 7.91. The summed E-state index contributed by atoms with van der Waals surface area (Å²) >= 11 is 0. The lowest BCUT2D eigenvalue weighted by atomic mass is 9.93. The smallest absolute Gasteiger partial charge is 0.251 e. The van der Waals surface area contributed by atoms with Gasteiger partial charge in [-0.1, -0.05) is 49.6 Å². The molecule has 34 heavy (non-hydrogen) atoms. The second kappa shape index (κ2) is 10.3. The number of nitrogens with one attached hydrogen (secondary N) is 1. The lowest BCUT2D eigenvalue weighted by molar-refractivity contribution is 0.0499. The number of benzene rings is 2. The highest BCUT2D eigenvalue weighted by atomic mass is 16.3. The Kier molecular flexibility index (Phi) is 7.02. The molecule has 2 N–H and O–H groups in total. The van der Waals surface area contributed by atoms with E-state index in [4.69, 9.17) is 0 Å². The largest absolute Gasteiger partial charge is 0.508 e. The van der Waals surface area contributed by atoms with Crippen molar-refractivity contribution in [3.8, 4) is 5.75 Å². The van der Waals surface area contributed by atoms with E-state index in [1.165, 1.54) is 37.7 Å². The Labute approximate surface area is 203 Å².